The van der Waals surface area contributed by atoms with Crippen LogP contribution in [0, 0.1) is 6.92 Å². The molecule has 0 bridgehead atoms. The van der Waals surface area contributed by atoms with Crippen molar-refractivity contribution in [3.05, 3.63) is 11.3 Å². The van der Waals surface area contributed by atoms with E-state index in [1.165, 1.54) is 5.56 Å². The van der Waals surface area contributed by atoms with Crippen LogP contribution in [-0.2, 0) is 11.2 Å². The minimum Gasteiger partial charge on any atom is -0.378 e. The highest BCUT2D eigenvalue weighted by Gasteiger charge is 2.16. The summed E-state index contributed by atoms with van der Waals surface area (Å²) in [5.41, 5.74) is 2.26. The summed E-state index contributed by atoms with van der Waals surface area (Å²) in [5, 5.41) is 3.16. The molecule has 1 aliphatic heterocycles. The smallest absolute Gasteiger partial charge is 0.227 e. The first-order chi connectivity index (χ1) is 8.26. The van der Waals surface area contributed by atoms with E-state index in [9.17, 15) is 0 Å². The summed E-state index contributed by atoms with van der Waals surface area (Å²) in [6.45, 7) is 7.42. The Morgan fingerprint density at radius 2 is 2.00 bits per heavy atom. The van der Waals surface area contributed by atoms with E-state index < -0.39 is 0 Å². The Morgan fingerprint density at radius 3 is 2.59 bits per heavy atom. The summed E-state index contributed by atoms with van der Waals surface area (Å²) in [7, 11) is 1.91. The molecule has 0 atom stereocenters. The maximum atomic E-state index is 5.34. The Balaban J connectivity index is 2.31. The van der Waals surface area contributed by atoms with Gasteiger partial charge in [-0.1, -0.05) is 6.92 Å². The van der Waals surface area contributed by atoms with Crippen LogP contribution in [0.2, 0.25) is 0 Å². The van der Waals surface area contributed by atoms with Crippen molar-refractivity contribution in [3.63, 3.8) is 0 Å². The van der Waals surface area contributed by atoms with Crippen molar-refractivity contribution in [1.29, 1.82) is 0 Å². The summed E-state index contributed by atoms with van der Waals surface area (Å²) in [6, 6.07) is 0. The Morgan fingerprint density at radius 1 is 1.29 bits per heavy atom. The van der Waals surface area contributed by atoms with Gasteiger partial charge < -0.3 is 15.0 Å². The summed E-state index contributed by atoms with van der Waals surface area (Å²) in [6.07, 6.45) is 0.950. The molecular formula is C12H20N4O. The van der Waals surface area contributed by atoms with Gasteiger partial charge in [-0.15, -0.1) is 0 Å². The molecule has 0 spiro atoms. The molecule has 0 amide bonds. The molecular weight excluding hydrogens is 216 g/mol. The second kappa shape index (κ2) is 5.31. The molecule has 1 saturated heterocycles. The Kier molecular flexibility index (Phi) is 3.78. The third kappa shape index (κ3) is 2.49. The average Bonchev–Trinajstić information content (AvgIpc) is 2.38. The van der Waals surface area contributed by atoms with Gasteiger partial charge in [0.1, 0.15) is 5.82 Å². The van der Waals surface area contributed by atoms with Crippen molar-refractivity contribution in [2.45, 2.75) is 20.3 Å². The van der Waals surface area contributed by atoms with Crippen molar-refractivity contribution < 1.29 is 4.74 Å². The van der Waals surface area contributed by atoms with Gasteiger partial charge in [-0.2, -0.15) is 4.98 Å². The number of anilines is 2. The van der Waals surface area contributed by atoms with Crippen molar-refractivity contribution in [2.75, 3.05) is 43.6 Å². The van der Waals surface area contributed by atoms with Crippen LogP contribution in [-0.4, -0.2) is 43.3 Å². The number of morpholine rings is 1. The molecule has 1 aromatic heterocycles. The molecule has 0 aliphatic carbocycles. The van der Waals surface area contributed by atoms with Crippen LogP contribution in [0.1, 0.15) is 18.2 Å². The fourth-order valence-corrected chi connectivity index (χ4v) is 2.12. The van der Waals surface area contributed by atoms with E-state index >= 15 is 0 Å². The van der Waals surface area contributed by atoms with Crippen molar-refractivity contribution in [3.8, 4) is 0 Å². The number of ether oxygens (including phenoxy) is 1. The summed E-state index contributed by atoms with van der Waals surface area (Å²) < 4.78 is 5.34. The minimum absolute atomic E-state index is 0.757. The third-order valence-corrected chi connectivity index (χ3v) is 3.09. The molecule has 2 heterocycles. The van der Waals surface area contributed by atoms with E-state index in [1.807, 2.05) is 14.0 Å². The van der Waals surface area contributed by atoms with Crippen LogP contribution in [0.5, 0.6) is 0 Å². The lowest BCUT2D eigenvalue weighted by Gasteiger charge is -2.27. The molecule has 5 nitrogen and oxygen atoms in total. The summed E-state index contributed by atoms with van der Waals surface area (Å²) in [4.78, 5) is 11.4. The van der Waals surface area contributed by atoms with Gasteiger partial charge in [-0.05, 0) is 13.3 Å². The second-order valence-corrected chi connectivity index (χ2v) is 4.14. The number of nitrogens with one attached hydrogen (secondary N) is 1. The van der Waals surface area contributed by atoms with Gasteiger partial charge in [-0.25, -0.2) is 4.98 Å². The van der Waals surface area contributed by atoms with Crippen molar-refractivity contribution in [1.82, 2.24) is 9.97 Å². The molecule has 0 aromatic carbocycles. The van der Waals surface area contributed by atoms with Crippen LogP contribution in [0.25, 0.3) is 0 Å². The SMILES string of the molecule is CCc1c(C)nc(N2CCOCC2)nc1NC. The number of hydrogen-bond donors (Lipinski definition) is 1. The zero-order valence-electron chi connectivity index (χ0n) is 10.8. The molecule has 1 aliphatic rings. The second-order valence-electron chi connectivity index (χ2n) is 4.14. The average molecular weight is 236 g/mol. The zero-order chi connectivity index (χ0) is 12.3. The highest BCUT2D eigenvalue weighted by atomic mass is 16.5. The summed E-state index contributed by atoms with van der Waals surface area (Å²) >= 11 is 0. The first-order valence-electron chi connectivity index (χ1n) is 6.14. The molecule has 5 heteroatoms. The molecule has 0 radical (unpaired) electrons. The highest BCUT2D eigenvalue weighted by molar-refractivity contribution is 5.50. The van der Waals surface area contributed by atoms with Gasteiger partial charge in [0.25, 0.3) is 0 Å². The Bertz CT molecular complexity index is 388. The molecule has 1 fully saturated rings. The summed E-state index contributed by atoms with van der Waals surface area (Å²) in [5.74, 6) is 1.76. The number of aromatic nitrogens is 2. The highest BCUT2D eigenvalue weighted by Crippen LogP contribution is 2.20. The number of rotatable bonds is 3. The van der Waals surface area contributed by atoms with Crippen molar-refractivity contribution in [2.24, 2.45) is 0 Å². The Labute approximate surface area is 102 Å². The third-order valence-electron chi connectivity index (χ3n) is 3.09. The number of hydrogen-bond acceptors (Lipinski definition) is 5. The monoisotopic (exact) mass is 236 g/mol. The minimum atomic E-state index is 0.757. The van der Waals surface area contributed by atoms with E-state index in [1.54, 1.807) is 0 Å². The zero-order valence-corrected chi connectivity index (χ0v) is 10.8. The quantitative estimate of drug-likeness (QED) is 0.855. The van der Waals surface area contributed by atoms with E-state index in [0.717, 1.165) is 50.2 Å². The predicted molar refractivity (Wildman–Crippen MR) is 68.7 cm³/mol. The van der Waals surface area contributed by atoms with E-state index in [4.69, 9.17) is 4.74 Å². The number of aryl methyl sites for hydroxylation is 1. The maximum Gasteiger partial charge on any atom is 0.227 e. The van der Waals surface area contributed by atoms with Crippen LogP contribution < -0.4 is 10.2 Å². The van der Waals surface area contributed by atoms with E-state index in [0.29, 0.717) is 0 Å². The van der Waals surface area contributed by atoms with Crippen LogP contribution in [0.4, 0.5) is 11.8 Å². The van der Waals surface area contributed by atoms with Gasteiger partial charge in [0, 0.05) is 31.4 Å². The number of nitrogens with zero attached hydrogens (tertiary/aromatic N) is 3. The standard InChI is InChI=1S/C12H20N4O/c1-4-10-9(2)14-12(15-11(10)13-3)16-5-7-17-8-6-16/h4-8H2,1-3H3,(H,13,14,15). The molecule has 0 saturated carbocycles. The van der Waals surface area contributed by atoms with Gasteiger partial charge >= 0.3 is 0 Å². The van der Waals surface area contributed by atoms with E-state index in [2.05, 4.69) is 27.1 Å². The van der Waals surface area contributed by atoms with Crippen LogP contribution >= 0.6 is 0 Å². The largest absolute Gasteiger partial charge is 0.378 e. The lowest BCUT2D eigenvalue weighted by atomic mass is 10.1. The predicted octanol–water partition coefficient (Wildman–Crippen LogP) is 1.23. The Hall–Kier alpha value is -1.36. The van der Waals surface area contributed by atoms with Crippen LogP contribution in [0.3, 0.4) is 0 Å². The fourth-order valence-electron chi connectivity index (χ4n) is 2.12. The first kappa shape index (κ1) is 12.1. The van der Waals surface area contributed by atoms with Gasteiger partial charge in [0.05, 0.1) is 13.2 Å². The lowest BCUT2D eigenvalue weighted by Crippen LogP contribution is -2.37. The van der Waals surface area contributed by atoms with E-state index in [-0.39, 0.29) is 0 Å². The van der Waals surface area contributed by atoms with Gasteiger partial charge in [-0.3, -0.25) is 0 Å². The molecule has 17 heavy (non-hydrogen) atoms. The normalized spacial score (nSPS) is 16.1. The lowest BCUT2D eigenvalue weighted by molar-refractivity contribution is 0.122. The topological polar surface area (TPSA) is 50.3 Å². The van der Waals surface area contributed by atoms with Gasteiger partial charge in [0.15, 0.2) is 0 Å². The molecule has 0 unspecified atom stereocenters. The van der Waals surface area contributed by atoms with Crippen LogP contribution in [0.15, 0.2) is 0 Å². The molecule has 2 rings (SSSR count). The fraction of sp³-hybridized carbons (Fsp3) is 0.667. The molecule has 94 valence electrons. The maximum absolute atomic E-state index is 5.34. The van der Waals surface area contributed by atoms with Crippen molar-refractivity contribution >= 4 is 11.8 Å². The molecule has 1 aromatic rings. The molecule has 1 N–H and O–H groups in total. The van der Waals surface area contributed by atoms with Gasteiger partial charge in [0.2, 0.25) is 5.95 Å². The first-order valence-corrected chi connectivity index (χ1v) is 6.14.